The summed E-state index contributed by atoms with van der Waals surface area (Å²) in [7, 11) is 0. The third kappa shape index (κ3) is 6.27. The average Bonchev–Trinajstić information content (AvgIpc) is 3.41. The van der Waals surface area contributed by atoms with E-state index in [1.54, 1.807) is 54.3 Å². The first-order valence-corrected chi connectivity index (χ1v) is 12.9. The van der Waals surface area contributed by atoms with Crippen molar-refractivity contribution >= 4 is 29.4 Å². The highest BCUT2D eigenvalue weighted by Crippen LogP contribution is 2.29. The van der Waals surface area contributed by atoms with Crippen LogP contribution in [0.2, 0.25) is 5.02 Å². The number of anilines is 1. The number of aromatic nitrogens is 1. The smallest absolute Gasteiger partial charge is 0.331 e. The SMILES string of the molecule is CC1(C)OCC(CN2C(=O)NC(C)(Nc3ccc(Oc4ccon4)cc3)N(Cc3ccc(Cl)cc3)C2=O)CO1. The largest absolute Gasteiger partial charge is 0.436 e. The van der Waals surface area contributed by atoms with Crippen molar-refractivity contribution in [2.75, 3.05) is 25.1 Å². The number of carbonyl (C=O) groups is 2. The Balaban J connectivity index is 1.36. The van der Waals surface area contributed by atoms with E-state index >= 15 is 0 Å². The molecule has 0 radical (unpaired) electrons. The fourth-order valence-corrected chi connectivity index (χ4v) is 4.50. The second-order valence-electron chi connectivity index (χ2n) is 10.1. The maximum Gasteiger partial charge on any atom is 0.331 e. The number of benzene rings is 2. The molecule has 12 heteroatoms. The topological polar surface area (TPSA) is 118 Å². The molecule has 2 N–H and O–H groups in total. The first-order valence-electron chi connectivity index (χ1n) is 12.5. The highest BCUT2D eigenvalue weighted by atomic mass is 35.5. The predicted octanol–water partition coefficient (Wildman–Crippen LogP) is 5.25. The minimum Gasteiger partial charge on any atom is -0.436 e. The van der Waals surface area contributed by atoms with Crippen molar-refractivity contribution in [3.63, 3.8) is 0 Å². The molecule has 2 aromatic carbocycles. The van der Waals surface area contributed by atoms with E-state index in [1.165, 1.54) is 11.2 Å². The van der Waals surface area contributed by atoms with Crippen molar-refractivity contribution in [1.29, 1.82) is 0 Å². The number of hydrogen-bond donors (Lipinski definition) is 2. The Hall–Kier alpha value is -3.80. The molecule has 3 heterocycles. The lowest BCUT2D eigenvalue weighted by Gasteiger charge is -2.49. The Labute approximate surface area is 230 Å². The maximum atomic E-state index is 13.9. The van der Waals surface area contributed by atoms with E-state index in [0.717, 1.165) is 5.56 Å². The maximum absolute atomic E-state index is 13.9. The van der Waals surface area contributed by atoms with Crippen LogP contribution in [0.15, 0.2) is 65.4 Å². The highest BCUT2D eigenvalue weighted by Gasteiger charge is 2.47. The van der Waals surface area contributed by atoms with Crippen LogP contribution >= 0.6 is 11.6 Å². The summed E-state index contributed by atoms with van der Waals surface area (Å²) in [6, 6.07) is 14.9. The Bertz CT molecular complexity index is 1290. The molecule has 1 atom stereocenters. The first kappa shape index (κ1) is 26.8. The van der Waals surface area contributed by atoms with Crippen LogP contribution in [0.1, 0.15) is 26.3 Å². The molecular weight excluding hydrogens is 526 g/mol. The van der Waals surface area contributed by atoms with Gasteiger partial charge in [-0.25, -0.2) is 14.5 Å². The molecule has 3 aromatic rings. The zero-order valence-electron chi connectivity index (χ0n) is 21.8. The van der Waals surface area contributed by atoms with Crippen LogP contribution in [0, 0.1) is 5.92 Å². The van der Waals surface area contributed by atoms with Gasteiger partial charge in [0.05, 0.1) is 19.8 Å². The second-order valence-corrected chi connectivity index (χ2v) is 10.5. The van der Waals surface area contributed by atoms with Gasteiger partial charge >= 0.3 is 12.1 Å². The van der Waals surface area contributed by atoms with E-state index < -0.39 is 23.6 Å². The van der Waals surface area contributed by atoms with Gasteiger partial charge in [0.1, 0.15) is 12.0 Å². The molecule has 4 amide bonds. The third-order valence-corrected chi connectivity index (χ3v) is 6.76. The van der Waals surface area contributed by atoms with E-state index in [1.807, 2.05) is 26.0 Å². The molecule has 39 heavy (non-hydrogen) atoms. The quantitative estimate of drug-likeness (QED) is 0.387. The fourth-order valence-electron chi connectivity index (χ4n) is 4.38. The van der Waals surface area contributed by atoms with Crippen LogP contribution < -0.4 is 15.4 Å². The van der Waals surface area contributed by atoms with Gasteiger partial charge in [-0.15, -0.1) is 0 Å². The minimum atomic E-state index is -1.25. The molecule has 11 nitrogen and oxygen atoms in total. The van der Waals surface area contributed by atoms with Crippen molar-refractivity contribution in [2.45, 2.75) is 38.9 Å². The lowest BCUT2D eigenvalue weighted by Crippen LogP contribution is -2.74. The fraction of sp³-hybridized carbons (Fsp3) is 0.370. The number of carbonyl (C=O) groups excluding carboxylic acids is 2. The van der Waals surface area contributed by atoms with Gasteiger partial charge in [-0.3, -0.25) is 10.2 Å². The number of amides is 4. The molecule has 2 saturated heterocycles. The first-order chi connectivity index (χ1) is 18.6. The van der Waals surface area contributed by atoms with Crippen molar-refractivity contribution in [3.05, 3.63) is 71.4 Å². The molecule has 2 aliphatic rings. The zero-order valence-corrected chi connectivity index (χ0v) is 22.6. The monoisotopic (exact) mass is 555 g/mol. The van der Waals surface area contributed by atoms with Crippen LogP contribution in [0.3, 0.4) is 0 Å². The van der Waals surface area contributed by atoms with Crippen molar-refractivity contribution in [2.24, 2.45) is 5.92 Å². The van der Waals surface area contributed by atoms with Gasteiger partial charge < -0.3 is 24.1 Å². The number of rotatable bonds is 8. The van der Waals surface area contributed by atoms with Gasteiger partial charge in [0.15, 0.2) is 11.6 Å². The summed E-state index contributed by atoms with van der Waals surface area (Å²) in [4.78, 5) is 29.9. The number of hydrogen-bond acceptors (Lipinski definition) is 8. The molecule has 2 fully saturated rings. The molecule has 0 bridgehead atoms. The summed E-state index contributed by atoms with van der Waals surface area (Å²) < 4.78 is 21.9. The lowest BCUT2D eigenvalue weighted by atomic mass is 10.1. The zero-order chi connectivity index (χ0) is 27.6. The van der Waals surface area contributed by atoms with Crippen LogP contribution in [0.4, 0.5) is 15.3 Å². The predicted molar refractivity (Wildman–Crippen MR) is 142 cm³/mol. The Morgan fingerprint density at radius 3 is 2.38 bits per heavy atom. The number of imide groups is 1. The van der Waals surface area contributed by atoms with Crippen LogP contribution in [-0.4, -0.2) is 58.4 Å². The summed E-state index contributed by atoms with van der Waals surface area (Å²) in [6.07, 6.45) is 1.42. The van der Waals surface area contributed by atoms with Gasteiger partial charge in [0.2, 0.25) is 0 Å². The van der Waals surface area contributed by atoms with Gasteiger partial charge in [0.25, 0.3) is 5.88 Å². The van der Waals surface area contributed by atoms with Gasteiger partial charge in [-0.2, -0.15) is 0 Å². The number of nitrogens with zero attached hydrogens (tertiary/aromatic N) is 3. The Kier molecular flexibility index (Phi) is 7.39. The number of urea groups is 2. The summed E-state index contributed by atoms with van der Waals surface area (Å²) in [6.45, 7) is 6.53. The summed E-state index contributed by atoms with van der Waals surface area (Å²) in [5, 5.41) is 10.6. The Morgan fingerprint density at radius 1 is 1.05 bits per heavy atom. The van der Waals surface area contributed by atoms with Crippen LogP contribution in [-0.2, 0) is 16.0 Å². The van der Waals surface area contributed by atoms with Gasteiger partial charge in [-0.05, 0) is 67.9 Å². The van der Waals surface area contributed by atoms with Crippen LogP contribution in [0.5, 0.6) is 11.6 Å². The van der Waals surface area contributed by atoms with E-state index in [-0.39, 0.29) is 19.0 Å². The summed E-state index contributed by atoms with van der Waals surface area (Å²) in [5.41, 5.74) is 1.50. The van der Waals surface area contributed by atoms with Crippen molar-refractivity contribution in [1.82, 2.24) is 20.3 Å². The van der Waals surface area contributed by atoms with E-state index in [9.17, 15) is 9.59 Å². The third-order valence-electron chi connectivity index (χ3n) is 6.50. The van der Waals surface area contributed by atoms with Gasteiger partial charge in [-0.1, -0.05) is 23.7 Å². The van der Waals surface area contributed by atoms with Crippen molar-refractivity contribution in [3.8, 4) is 11.6 Å². The minimum absolute atomic E-state index is 0.153. The highest BCUT2D eigenvalue weighted by molar-refractivity contribution is 6.30. The molecular formula is C27H30ClN5O6. The molecule has 1 aromatic heterocycles. The molecule has 0 spiro atoms. The van der Waals surface area contributed by atoms with E-state index in [0.29, 0.717) is 35.6 Å². The van der Waals surface area contributed by atoms with E-state index in [4.69, 9.17) is 30.3 Å². The van der Waals surface area contributed by atoms with E-state index in [2.05, 4.69) is 15.8 Å². The molecule has 2 aliphatic heterocycles. The summed E-state index contributed by atoms with van der Waals surface area (Å²) >= 11 is 6.07. The van der Waals surface area contributed by atoms with Crippen LogP contribution in [0.25, 0.3) is 0 Å². The molecule has 1 unspecified atom stereocenters. The molecule has 0 aliphatic carbocycles. The number of nitrogens with one attached hydrogen (secondary N) is 2. The summed E-state index contributed by atoms with van der Waals surface area (Å²) in [5.74, 6) is -1.21. The van der Waals surface area contributed by atoms with Crippen molar-refractivity contribution < 1.29 is 28.3 Å². The molecule has 5 rings (SSSR count). The average molecular weight is 556 g/mol. The number of halogens is 1. The Morgan fingerprint density at radius 2 is 1.74 bits per heavy atom. The number of ether oxygens (including phenoxy) is 3. The second kappa shape index (κ2) is 10.8. The lowest BCUT2D eigenvalue weighted by molar-refractivity contribution is -0.262. The standard InChI is InChI=1S/C27H30ClN5O6/c1-26(2)36-16-19(17-37-26)14-32-24(34)30-27(3,33(25(32)35)15-18-4-6-20(28)7-5-18)29-21-8-10-22(11-9-21)39-23-12-13-38-31-23/h4-13,19,29H,14-17H2,1-3H3,(H,30,34). The molecule has 206 valence electrons. The normalized spacial score (nSPS) is 21.5. The molecule has 0 saturated carbocycles. The van der Waals surface area contributed by atoms with Gasteiger partial charge in [0, 0.05) is 29.2 Å².